The van der Waals surface area contributed by atoms with E-state index in [0.717, 1.165) is 31.7 Å². The first-order valence-electron chi connectivity index (χ1n) is 6.88. The standard InChI is InChI=1S/C15H22N2O2/c1-12-11-17(10-6-5-9-16-12)14-8-4-3-7-13(14)15(18)19-2/h3-4,7-8,12,16H,5-6,9-11H2,1-2H3. The first-order chi connectivity index (χ1) is 9.22. The van der Waals surface area contributed by atoms with Gasteiger partial charge in [-0.2, -0.15) is 0 Å². The summed E-state index contributed by atoms with van der Waals surface area (Å²) in [4.78, 5) is 14.1. The number of para-hydroxylation sites is 1. The Hall–Kier alpha value is -1.55. The fourth-order valence-corrected chi connectivity index (χ4v) is 2.51. The fraction of sp³-hybridized carbons (Fsp3) is 0.533. The van der Waals surface area contributed by atoms with Crippen molar-refractivity contribution in [1.82, 2.24) is 5.32 Å². The topological polar surface area (TPSA) is 41.6 Å². The van der Waals surface area contributed by atoms with Crippen LogP contribution in [0.1, 0.15) is 30.1 Å². The Morgan fingerprint density at radius 2 is 2.16 bits per heavy atom. The van der Waals surface area contributed by atoms with E-state index in [4.69, 9.17) is 4.74 Å². The van der Waals surface area contributed by atoms with Crippen LogP contribution in [0.4, 0.5) is 5.69 Å². The minimum Gasteiger partial charge on any atom is -0.465 e. The molecular formula is C15H22N2O2. The molecule has 1 saturated heterocycles. The van der Waals surface area contributed by atoms with E-state index in [1.54, 1.807) is 0 Å². The molecule has 0 aromatic heterocycles. The van der Waals surface area contributed by atoms with E-state index in [1.165, 1.54) is 13.5 Å². The van der Waals surface area contributed by atoms with E-state index in [2.05, 4.69) is 17.1 Å². The van der Waals surface area contributed by atoms with Crippen LogP contribution >= 0.6 is 0 Å². The van der Waals surface area contributed by atoms with Crippen molar-refractivity contribution < 1.29 is 9.53 Å². The van der Waals surface area contributed by atoms with E-state index in [9.17, 15) is 4.79 Å². The quantitative estimate of drug-likeness (QED) is 0.828. The molecule has 1 unspecified atom stereocenters. The Bertz CT molecular complexity index is 434. The highest BCUT2D eigenvalue weighted by Gasteiger charge is 2.19. The molecule has 0 radical (unpaired) electrons. The second kappa shape index (κ2) is 6.57. The Kier molecular flexibility index (Phi) is 4.80. The Balaban J connectivity index is 2.25. The third kappa shape index (κ3) is 3.47. The maximum atomic E-state index is 11.8. The van der Waals surface area contributed by atoms with Gasteiger partial charge in [0.1, 0.15) is 0 Å². The molecule has 4 heteroatoms. The monoisotopic (exact) mass is 262 g/mol. The van der Waals surface area contributed by atoms with Gasteiger partial charge in [0, 0.05) is 19.1 Å². The molecular weight excluding hydrogens is 240 g/mol. The molecule has 1 atom stereocenters. The van der Waals surface area contributed by atoms with Crippen molar-refractivity contribution in [2.75, 3.05) is 31.6 Å². The van der Waals surface area contributed by atoms with Crippen LogP contribution in [0.15, 0.2) is 24.3 Å². The van der Waals surface area contributed by atoms with Gasteiger partial charge in [-0.25, -0.2) is 4.79 Å². The van der Waals surface area contributed by atoms with Crippen molar-refractivity contribution >= 4 is 11.7 Å². The number of carbonyl (C=O) groups is 1. The Morgan fingerprint density at radius 1 is 1.37 bits per heavy atom. The molecule has 2 rings (SSSR count). The zero-order chi connectivity index (χ0) is 13.7. The maximum absolute atomic E-state index is 11.8. The molecule has 0 bridgehead atoms. The normalized spacial score (nSPS) is 20.5. The number of nitrogens with one attached hydrogen (secondary N) is 1. The summed E-state index contributed by atoms with van der Waals surface area (Å²) in [6.07, 6.45) is 2.30. The number of esters is 1. The van der Waals surface area contributed by atoms with Crippen LogP contribution in [0, 0.1) is 0 Å². The van der Waals surface area contributed by atoms with Gasteiger partial charge in [-0.15, -0.1) is 0 Å². The van der Waals surface area contributed by atoms with Crippen molar-refractivity contribution in [3.05, 3.63) is 29.8 Å². The molecule has 104 valence electrons. The largest absolute Gasteiger partial charge is 0.465 e. The summed E-state index contributed by atoms with van der Waals surface area (Å²) >= 11 is 0. The van der Waals surface area contributed by atoms with Crippen LogP contribution in [-0.4, -0.2) is 38.8 Å². The van der Waals surface area contributed by atoms with Crippen LogP contribution in [0.2, 0.25) is 0 Å². The number of hydrogen-bond donors (Lipinski definition) is 1. The first kappa shape index (κ1) is 13.9. The summed E-state index contributed by atoms with van der Waals surface area (Å²) in [5, 5.41) is 3.49. The predicted octanol–water partition coefficient (Wildman–Crippen LogP) is 2.05. The van der Waals surface area contributed by atoms with Gasteiger partial charge < -0.3 is 15.0 Å². The number of hydrogen-bond acceptors (Lipinski definition) is 4. The lowest BCUT2D eigenvalue weighted by Gasteiger charge is -2.31. The molecule has 1 heterocycles. The Labute approximate surface area is 114 Å². The van der Waals surface area contributed by atoms with Crippen molar-refractivity contribution in [3.63, 3.8) is 0 Å². The smallest absolute Gasteiger partial charge is 0.339 e. The van der Waals surface area contributed by atoms with Gasteiger partial charge in [-0.3, -0.25) is 0 Å². The molecule has 4 nitrogen and oxygen atoms in total. The van der Waals surface area contributed by atoms with Gasteiger partial charge in [0.2, 0.25) is 0 Å². The van der Waals surface area contributed by atoms with Gasteiger partial charge in [0.15, 0.2) is 0 Å². The molecule has 1 aliphatic heterocycles. The number of nitrogens with zero attached hydrogens (tertiary/aromatic N) is 1. The third-order valence-corrected chi connectivity index (χ3v) is 3.49. The first-order valence-corrected chi connectivity index (χ1v) is 6.88. The van der Waals surface area contributed by atoms with Crippen LogP contribution < -0.4 is 10.2 Å². The summed E-state index contributed by atoms with van der Waals surface area (Å²) in [5.74, 6) is -0.265. The van der Waals surface area contributed by atoms with Crippen molar-refractivity contribution in [2.24, 2.45) is 0 Å². The van der Waals surface area contributed by atoms with E-state index in [-0.39, 0.29) is 5.97 Å². The highest BCUT2D eigenvalue weighted by molar-refractivity contribution is 5.95. The minimum atomic E-state index is -0.265. The zero-order valence-corrected chi connectivity index (χ0v) is 11.7. The number of methoxy groups -OCH3 is 1. The second-order valence-corrected chi connectivity index (χ2v) is 5.02. The number of ether oxygens (including phenoxy) is 1. The lowest BCUT2D eigenvalue weighted by molar-refractivity contribution is 0.0601. The molecule has 1 aromatic carbocycles. The zero-order valence-electron chi connectivity index (χ0n) is 11.7. The van der Waals surface area contributed by atoms with Crippen LogP contribution in [0.25, 0.3) is 0 Å². The molecule has 0 aliphatic carbocycles. The van der Waals surface area contributed by atoms with E-state index in [1.807, 2.05) is 24.3 Å². The van der Waals surface area contributed by atoms with E-state index in [0.29, 0.717) is 11.6 Å². The van der Waals surface area contributed by atoms with Gasteiger partial charge in [-0.1, -0.05) is 12.1 Å². The molecule has 0 spiro atoms. The van der Waals surface area contributed by atoms with Crippen molar-refractivity contribution in [2.45, 2.75) is 25.8 Å². The maximum Gasteiger partial charge on any atom is 0.339 e. The van der Waals surface area contributed by atoms with Crippen LogP contribution in [0.5, 0.6) is 0 Å². The molecule has 19 heavy (non-hydrogen) atoms. The number of benzene rings is 1. The molecule has 1 aliphatic rings. The summed E-state index contributed by atoms with van der Waals surface area (Å²) in [7, 11) is 1.43. The Morgan fingerprint density at radius 3 is 2.95 bits per heavy atom. The van der Waals surface area contributed by atoms with Gasteiger partial charge in [0.05, 0.1) is 18.4 Å². The lowest BCUT2D eigenvalue weighted by Crippen LogP contribution is -2.43. The fourth-order valence-electron chi connectivity index (χ4n) is 2.51. The lowest BCUT2D eigenvalue weighted by atomic mass is 10.1. The SMILES string of the molecule is COC(=O)c1ccccc1N1CCCCNC(C)C1. The highest BCUT2D eigenvalue weighted by atomic mass is 16.5. The summed E-state index contributed by atoms with van der Waals surface area (Å²) in [6.45, 7) is 5.15. The number of carbonyl (C=O) groups excluding carboxylic acids is 1. The molecule has 0 saturated carbocycles. The molecule has 0 amide bonds. The number of rotatable bonds is 2. The third-order valence-electron chi connectivity index (χ3n) is 3.49. The van der Waals surface area contributed by atoms with Crippen LogP contribution in [-0.2, 0) is 4.74 Å². The van der Waals surface area contributed by atoms with Gasteiger partial charge in [0.25, 0.3) is 0 Å². The summed E-state index contributed by atoms with van der Waals surface area (Å²) < 4.78 is 4.87. The van der Waals surface area contributed by atoms with Crippen molar-refractivity contribution in [3.8, 4) is 0 Å². The van der Waals surface area contributed by atoms with Crippen molar-refractivity contribution in [1.29, 1.82) is 0 Å². The predicted molar refractivity (Wildman–Crippen MR) is 76.7 cm³/mol. The van der Waals surface area contributed by atoms with Gasteiger partial charge in [-0.05, 0) is 38.4 Å². The van der Waals surface area contributed by atoms with Crippen LogP contribution in [0.3, 0.4) is 0 Å². The van der Waals surface area contributed by atoms with E-state index >= 15 is 0 Å². The highest BCUT2D eigenvalue weighted by Crippen LogP contribution is 2.22. The average molecular weight is 262 g/mol. The second-order valence-electron chi connectivity index (χ2n) is 5.02. The minimum absolute atomic E-state index is 0.265. The molecule has 1 fully saturated rings. The molecule has 1 N–H and O–H groups in total. The van der Waals surface area contributed by atoms with Gasteiger partial charge >= 0.3 is 5.97 Å². The summed E-state index contributed by atoms with van der Waals surface area (Å²) in [5.41, 5.74) is 1.63. The molecule has 1 aromatic rings. The number of anilines is 1. The average Bonchev–Trinajstić information content (AvgIpc) is 2.42. The van der Waals surface area contributed by atoms with E-state index < -0.39 is 0 Å². The summed E-state index contributed by atoms with van der Waals surface area (Å²) in [6, 6.07) is 8.10.